The Morgan fingerprint density at radius 3 is 2.06 bits per heavy atom. The van der Waals surface area contributed by atoms with Gasteiger partial charge in [0.05, 0.1) is 6.54 Å². The summed E-state index contributed by atoms with van der Waals surface area (Å²) in [4.78, 5) is 14.1. The summed E-state index contributed by atoms with van der Waals surface area (Å²) in [6.07, 6.45) is 7.02. The number of amides is 1. The van der Waals surface area contributed by atoms with Crippen LogP contribution in [0.2, 0.25) is 0 Å². The molecule has 0 aromatic carbocycles. The maximum Gasteiger partial charge on any atom is 0.236 e. The Labute approximate surface area is 116 Å². The highest BCUT2D eigenvalue weighted by molar-refractivity contribution is 5.85. The van der Waals surface area contributed by atoms with Crippen molar-refractivity contribution in [3.63, 3.8) is 0 Å². The molecule has 1 N–H and O–H groups in total. The Bertz CT molecular complexity index is 293. The van der Waals surface area contributed by atoms with Gasteiger partial charge in [-0.1, -0.05) is 0 Å². The molecule has 0 aliphatic heterocycles. The van der Waals surface area contributed by atoms with Crippen LogP contribution in [0.3, 0.4) is 0 Å². The van der Waals surface area contributed by atoms with E-state index in [1.54, 1.807) is 0 Å². The topological polar surface area (TPSA) is 32.3 Å². The molecule has 4 saturated carbocycles. The molecular weight excluding hydrogens is 248 g/mol. The molecule has 0 unspecified atom stereocenters. The standard InChI is InChI=1S/C14H24N2O.ClH/c1-15-8-13(17)16(2)14-11-4-9-3-10(6-11)7-12(14)5-9;/h9-12,14-15H,3-8H2,1-2H3;1H. The van der Waals surface area contributed by atoms with Crippen LogP contribution in [0.25, 0.3) is 0 Å². The first kappa shape index (κ1) is 14.1. The molecule has 0 heterocycles. The minimum absolute atomic E-state index is 0. The number of carbonyl (C=O) groups is 1. The molecule has 4 bridgehead atoms. The van der Waals surface area contributed by atoms with Crippen molar-refractivity contribution in [2.75, 3.05) is 20.6 Å². The average Bonchev–Trinajstić information content (AvgIpc) is 2.27. The highest BCUT2D eigenvalue weighted by atomic mass is 35.5. The molecular formula is C14H25ClN2O. The smallest absolute Gasteiger partial charge is 0.236 e. The van der Waals surface area contributed by atoms with E-state index < -0.39 is 0 Å². The lowest BCUT2D eigenvalue weighted by Gasteiger charge is -2.56. The Kier molecular flexibility index (Phi) is 4.22. The number of carbonyl (C=O) groups excluding carboxylic acids is 1. The largest absolute Gasteiger partial charge is 0.341 e. The molecule has 0 aromatic heterocycles. The minimum atomic E-state index is 0. The second-order valence-electron chi connectivity index (χ2n) is 6.46. The van der Waals surface area contributed by atoms with Crippen molar-refractivity contribution in [2.45, 2.75) is 38.1 Å². The fourth-order valence-corrected chi connectivity index (χ4v) is 4.97. The van der Waals surface area contributed by atoms with E-state index >= 15 is 0 Å². The summed E-state index contributed by atoms with van der Waals surface area (Å²) in [7, 11) is 3.87. The summed E-state index contributed by atoms with van der Waals surface area (Å²) < 4.78 is 0. The number of halogens is 1. The lowest BCUT2D eigenvalue weighted by molar-refractivity contribution is -0.140. The van der Waals surface area contributed by atoms with Crippen LogP contribution >= 0.6 is 12.4 Å². The molecule has 104 valence electrons. The molecule has 4 fully saturated rings. The zero-order chi connectivity index (χ0) is 12.0. The molecule has 3 nitrogen and oxygen atoms in total. The Hall–Kier alpha value is -0.280. The van der Waals surface area contributed by atoms with Crippen LogP contribution in [0, 0.1) is 23.7 Å². The molecule has 1 amide bonds. The van der Waals surface area contributed by atoms with Crippen LogP contribution in [-0.4, -0.2) is 37.5 Å². The van der Waals surface area contributed by atoms with Gasteiger partial charge in [0.25, 0.3) is 0 Å². The normalized spacial score (nSPS) is 40.4. The van der Waals surface area contributed by atoms with E-state index in [9.17, 15) is 4.79 Å². The van der Waals surface area contributed by atoms with Crippen LogP contribution < -0.4 is 5.32 Å². The molecule has 4 aliphatic carbocycles. The summed E-state index contributed by atoms with van der Waals surface area (Å²) in [5.74, 6) is 3.85. The van der Waals surface area contributed by atoms with Crippen LogP contribution in [0.4, 0.5) is 0 Å². The van der Waals surface area contributed by atoms with E-state index in [4.69, 9.17) is 0 Å². The van der Waals surface area contributed by atoms with Crippen molar-refractivity contribution in [3.05, 3.63) is 0 Å². The number of rotatable bonds is 3. The third kappa shape index (κ3) is 2.27. The van der Waals surface area contributed by atoms with Crippen molar-refractivity contribution in [1.82, 2.24) is 10.2 Å². The molecule has 0 spiro atoms. The zero-order valence-corrected chi connectivity index (χ0v) is 12.2. The highest BCUT2D eigenvalue weighted by Gasteiger charge is 2.50. The van der Waals surface area contributed by atoms with Crippen molar-refractivity contribution in [1.29, 1.82) is 0 Å². The van der Waals surface area contributed by atoms with Crippen LogP contribution in [0.15, 0.2) is 0 Å². The van der Waals surface area contributed by atoms with Gasteiger partial charge in [-0.25, -0.2) is 0 Å². The molecule has 4 heteroatoms. The number of likely N-dealkylation sites (N-methyl/N-ethyl adjacent to an activating group) is 2. The monoisotopic (exact) mass is 272 g/mol. The van der Waals surface area contributed by atoms with E-state index in [0.29, 0.717) is 12.6 Å². The Morgan fingerprint density at radius 2 is 1.61 bits per heavy atom. The molecule has 0 aromatic rings. The van der Waals surface area contributed by atoms with Gasteiger partial charge in [0.1, 0.15) is 0 Å². The number of nitrogens with one attached hydrogen (secondary N) is 1. The van der Waals surface area contributed by atoms with E-state index in [-0.39, 0.29) is 18.3 Å². The fraction of sp³-hybridized carbons (Fsp3) is 0.929. The second kappa shape index (κ2) is 5.38. The Morgan fingerprint density at radius 1 is 1.11 bits per heavy atom. The molecule has 0 saturated heterocycles. The molecule has 4 rings (SSSR count). The summed E-state index contributed by atoms with van der Waals surface area (Å²) in [5, 5.41) is 2.98. The lowest BCUT2D eigenvalue weighted by Crippen LogP contribution is -2.57. The van der Waals surface area contributed by atoms with Gasteiger partial charge >= 0.3 is 0 Å². The summed E-state index contributed by atoms with van der Waals surface area (Å²) >= 11 is 0. The predicted molar refractivity (Wildman–Crippen MR) is 74.8 cm³/mol. The van der Waals surface area contributed by atoms with Crippen LogP contribution in [-0.2, 0) is 4.79 Å². The van der Waals surface area contributed by atoms with E-state index in [0.717, 1.165) is 23.7 Å². The van der Waals surface area contributed by atoms with Crippen molar-refractivity contribution in [3.8, 4) is 0 Å². The van der Waals surface area contributed by atoms with E-state index in [1.807, 2.05) is 14.1 Å². The first-order chi connectivity index (χ1) is 8.19. The number of nitrogens with zero attached hydrogens (tertiary/aromatic N) is 1. The van der Waals surface area contributed by atoms with Crippen molar-refractivity contribution in [2.24, 2.45) is 23.7 Å². The van der Waals surface area contributed by atoms with Gasteiger partial charge in [-0.05, 0) is 62.8 Å². The second-order valence-corrected chi connectivity index (χ2v) is 6.46. The van der Waals surface area contributed by atoms with Gasteiger partial charge in [-0.3, -0.25) is 4.79 Å². The number of hydrogen-bond donors (Lipinski definition) is 1. The maximum atomic E-state index is 12.0. The molecule has 4 aliphatic rings. The zero-order valence-electron chi connectivity index (χ0n) is 11.4. The van der Waals surface area contributed by atoms with Gasteiger partial charge in [-0.2, -0.15) is 0 Å². The minimum Gasteiger partial charge on any atom is -0.341 e. The predicted octanol–water partition coefficient (Wildman–Crippen LogP) is 1.91. The third-order valence-electron chi connectivity index (χ3n) is 5.35. The number of hydrogen-bond acceptors (Lipinski definition) is 2. The molecule has 0 atom stereocenters. The van der Waals surface area contributed by atoms with Gasteiger partial charge in [0, 0.05) is 13.1 Å². The van der Waals surface area contributed by atoms with Crippen molar-refractivity contribution >= 4 is 18.3 Å². The molecule has 0 radical (unpaired) electrons. The average molecular weight is 273 g/mol. The van der Waals surface area contributed by atoms with E-state index in [2.05, 4.69) is 10.2 Å². The quantitative estimate of drug-likeness (QED) is 0.851. The van der Waals surface area contributed by atoms with Crippen molar-refractivity contribution < 1.29 is 4.79 Å². The summed E-state index contributed by atoms with van der Waals surface area (Å²) in [5.41, 5.74) is 0. The fourth-order valence-electron chi connectivity index (χ4n) is 4.97. The summed E-state index contributed by atoms with van der Waals surface area (Å²) in [6, 6.07) is 0.545. The summed E-state index contributed by atoms with van der Waals surface area (Å²) in [6.45, 7) is 0.485. The SMILES string of the molecule is CNCC(=O)N(C)C1C2CC3CC(C2)CC1C3.Cl. The van der Waals surface area contributed by atoms with Crippen LogP contribution in [0.1, 0.15) is 32.1 Å². The van der Waals surface area contributed by atoms with Gasteiger partial charge in [-0.15, -0.1) is 12.4 Å². The third-order valence-corrected chi connectivity index (χ3v) is 5.35. The van der Waals surface area contributed by atoms with Gasteiger partial charge < -0.3 is 10.2 Å². The first-order valence-corrected chi connectivity index (χ1v) is 7.09. The maximum absolute atomic E-state index is 12.0. The Balaban J connectivity index is 0.00000120. The van der Waals surface area contributed by atoms with Gasteiger partial charge in [0.2, 0.25) is 5.91 Å². The molecule has 18 heavy (non-hydrogen) atoms. The van der Waals surface area contributed by atoms with E-state index in [1.165, 1.54) is 32.1 Å². The first-order valence-electron chi connectivity index (χ1n) is 7.09. The van der Waals surface area contributed by atoms with Crippen LogP contribution in [0.5, 0.6) is 0 Å². The van der Waals surface area contributed by atoms with Gasteiger partial charge in [0.15, 0.2) is 0 Å². The highest BCUT2D eigenvalue weighted by Crippen LogP contribution is 2.54. The lowest BCUT2D eigenvalue weighted by atomic mass is 9.54.